The maximum atomic E-state index is 11.7. The minimum atomic E-state index is -1.06. The summed E-state index contributed by atoms with van der Waals surface area (Å²) in [7, 11) is 1.40. The van der Waals surface area contributed by atoms with Crippen molar-refractivity contribution in [3.63, 3.8) is 0 Å². The maximum absolute atomic E-state index is 11.7. The Hall–Kier alpha value is -4.40. The van der Waals surface area contributed by atoms with Gasteiger partial charge in [0.25, 0.3) is 0 Å². The van der Waals surface area contributed by atoms with Gasteiger partial charge in [-0.15, -0.1) is 0 Å². The molecule has 164 valence electrons. The van der Waals surface area contributed by atoms with Crippen molar-refractivity contribution in [2.75, 3.05) is 12.5 Å². The van der Waals surface area contributed by atoms with Gasteiger partial charge in [0.15, 0.2) is 5.75 Å². The standard InChI is InChI=1S/C23H21N3O6/c1-15-6-3-4-7-18(15)14-32-22-20(26(29)30)10-16(11-21(22)31-2)13-24-25-19-9-5-8-17(12-19)23(27)28/h3-13,25H,14H2,1-2H3,(H,27,28)/b24-13+. The lowest BCUT2D eigenvalue weighted by Gasteiger charge is -2.13. The fourth-order valence-electron chi connectivity index (χ4n) is 2.94. The van der Waals surface area contributed by atoms with Gasteiger partial charge >= 0.3 is 11.7 Å². The Morgan fingerprint density at radius 2 is 1.97 bits per heavy atom. The molecule has 0 saturated carbocycles. The SMILES string of the molecule is COc1cc(/C=N/Nc2cccc(C(=O)O)c2)cc([N+](=O)[O-])c1OCc1ccccc1C. The molecule has 0 saturated heterocycles. The first-order valence-corrected chi connectivity index (χ1v) is 9.55. The second-order valence-corrected chi connectivity index (χ2v) is 6.80. The number of nitrogens with zero attached hydrogens (tertiary/aromatic N) is 2. The molecule has 0 aliphatic heterocycles. The minimum absolute atomic E-state index is 0.0278. The molecular weight excluding hydrogens is 414 g/mol. The fraction of sp³-hybridized carbons (Fsp3) is 0.130. The molecule has 0 aliphatic rings. The Bertz CT molecular complexity index is 1180. The number of carboxylic acid groups (broad SMARTS) is 1. The number of hydrogen-bond acceptors (Lipinski definition) is 7. The number of hydrazone groups is 1. The molecule has 0 aliphatic carbocycles. The van der Waals surface area contributed by atoms with E-state index in [1.54, 1.807) is 18.2 Å². The lowest BCUT2D eigenvalue weighted by atomic mass is 10.1. The predicted molar refractivity (Wildman–Crippen MR) is 120 cm³/mol. The number of aryl methyl sites for hydroxylation is 1. The van der Waals surface area contributed by atoms with Crippen LogP contribution >= 0.6 is 0 Å². The summed E-state index contributed by atoms with van der Waals surface area (Å²) >= 11 is 0. The van der Waals surface area contributed by atoms with Gasteiger partial charge in [0.1, 0.15) is 6.61 Å². The summed E-state index contributed by atoms with van der Waals surface area (Å²) in [5, 5.41) is 24.8. The molecule has 0 heterocycles. The molecule has 3 rings (SSSR count). The highest BCUT2D eigenvalue weighted by atomic mass is 16.6. The van der Waals surface area contributed by atoms with Gasteiger partial charge in [-0.3, -0.25) is 15.5 Å². The van der Waals surface area contributed by atoms with Gasteiger partial charge in [0, 0.05) is 11.6 Å². The Balaban J connectivity index is 1.83. The van der Waals surface area contributed by atoms with E-state index in [1.807, 2.05) is 31.2 Å². The van der Waals surface area contributed by atoms with Crippen LogP contribution in [0, 0.1) is 17.0 Å². The van der Waals surface area contributed by atoms with E-state index in [4.69, 9.17) is 14.6 Å². The summed E-state index contributed by atoms with van der Waals surface area (Å²) in [5.74, 6) is -0.832. The van der Waals surface area contributed by atoms with Crippen LogP contribution in [-0.2, 0) is 6.61 Å². The van der Waals surface area contributed by atoms with Crippen LogP contribution < -0.4 is 14.9 Å². The van der Waals surface area contributed by atoms with E-state index in [1.165, 1.54) is 31.5 Å². The molecule has 9 heteroatoms. The van der Waals surface area contributed by atoms with Crippen molar-refractivity contribution in [2.24, 2.45) is 5.10 Å². The molecular formula is C23H21N3O6. The number of rotatable bonds is 9. The van der Waals surface area contributed by atoms with Gasteiger partial charge < -0.3 is 14.6 Å². The van der Waals surface area contributed by atoms with Gasteiger partial charge in [-0.2, -0.15) is 5.10 Å². The molecule has 9 nitrogen and oxygen atoms in total. The second-order valence-electron chi connectivity index (χ2n) is 6.80. The van der Waals surface area contributed by atoms with E-state index in [-0.39, 0.29) is 29.4 Å². The number of methoxy groups -OCH3 is 1. The monoisotopic (exact) mass is 435 g/mol. The molecule has 0 amide bonds. The Morgan fingerprint density at radius 1 is 1.19 bits per heavy atom. The second kappa shape index (κ2) is 10.1. The first-order valence-electron chi connectivity index (χ1n) is 9.55. The van der Waals surface area contributed by atoms with Crippen LogP contribution in [0.1, 0.15) is 27.0 Å². The molecule has 3 aromatic rings. The predicted octanol–water partition coefficient (Wildman–Crippen LogP) is 4.64. The van der Waals surface area contributed by atoms with E-state index >= 15 is 0 Å². The molecule has 0 fully saturated rings. The number of ether oxygens (including phenoxy) is 2. The number of nitro benzene ring substituents is 1. The number of aromatic carboxylic acids is 1. The number of carboxylic acids is 1. The fourth-order valence-corrected chi connectivity index (χ4v) is 2.94. The topological polar surface area (TPSA) is 123 Å². The summed E-state index contributed by atoms with van der Waals surface area (Å²) < 4.78 is 11.1. The van der Waals surface area contributed by atoms with Crippen LogP contribution in [0.15, 0.2) is 65.8 Å². The van der Waals surface area contributed by atoms with Crippen molar-refractivity contribution < 1.29 is 24.3 Å². The van der Waals surface area contributed by atoms with Crippen molar-refractivity contribution >= 4 is 23.6 Å². The highest BCUT2D eigenvalue weighted by molar-refractivity contribution is 5.89. The zero-order chi connectivity index (χ0) is 23.1. The highest BCUT2D eigenvalue weighted by Crippen LogP contribution is 2.38. The van der Waals surface area contributed by atoms with Crippen molar-refractivity contribution in [3.05, 3.63) is 93.0 Å². The lowest BCUT2D eigenvalue weighted by molar-refractivity contribution is -0.386. The number of anilines is 1. The van der Waals surface area contributed by atoms with Crippen LogP contribution in [0.4, 0.5) is 11.4 Å². The largest absolute Gasteiger partial charge is 0.493 e. The summed E-state index contributed by atoms with van der Waals surface area (Å²) in [4.78, 5) is 22.2. The number of nitrogens with one attached hydrogen (secondary N) is 1. The lowest BCUT2D eigenvalue weighted by Crippen LogP contribution is -2.04. The number of benzene rings is 3. The number of hydrogen-bond donors (Lipinski definition) is 2. The molecule has 0 atom stereocenters. The minimum Gasteiger partial charge on any atom is -0.493 e. The van der Waals surface area contributed by atoms with Gasteiger partial charge in [-0.05, 0) is 42.3 Å². The molecule has 3 aromatic carbocycles. The van der Waals surface area contributed by atoms with E-state index in [0.717, 1.165) is 11.1 Å². The molecule has 0 unspecified atom stereocenters. The van der Waals surface area contributed by atoms with Crippen molar-refractivity contribution in [2.45, 2.75) is 13.5 Å². The van der Waals surface area contributed by atoms with E-state index in [2.05, 4.69) is 10.5 Å². The van der Waals surface area contributed by atoms with Crippen LogP contribution in [0.25, 0.3) is 0 Å². The molecule has 0 aromatic heterocycles. The third-order valence-corrected chi connectivity index (χ3v) is 4.62. The third-order valence-electron chi connectivity index (χ3n) is 4.62. The van der Waals surface area contributed by atoms with Crippen molar-refractivity contribution in [3.8, 4) is 11.5 Å². The summed E-state index contributed by atoms with van der Waals surface area (Å²) in [6, 6.07) is 16.6. The maximum Gasteiger partial charge on any atom is 0.335 e. The normalized spacial score (nSPS) is 10.7. The zero-order valence-corrected chi connectivity index (χ0v) is 17.4. The number of nitro groups is 1. The van der Waals surface area contributed by atoms with E-state index in [9.17, 15) is 14.9 Å². The first kappa shape index (κ1) is 22.3. The average molecular weight is 435 g/mol. The summed E-state index contributed by atoms with van der Waals surface area (Å²) in [5.41, 5.74) is 5.33. The van der Waals surface area contributed by atoms with Crippen LogP contribution in [0.3, 0.4) is 0 Å². The van der Waals surface area contributed by atoms with Crippen LogP contribution in [0.2, 0.25) is 0 Å². The molecule has 2 N–H and O–H groups in total. The average Bonchev–Trinajstić information content (AvgIpc) is 2.78. The van der Waals surface area contributed by atoms with E-state index in [0.29, 0.717) is 11.3 Å². The third kappa shape index (κ3) is 5.39. The Kier molecular flexibility index (Phi) is 7.02. The molecule has 0 spiro atoms. The summed E-state index contributed by atoms with van der Waals surface area (Å²) in [6.45, 7) is 2.09. The first-order chi connectivity index (χ1) is 15.4. The summed E-state index contributed by atoms with van der Waals surface area (Å²) in [6.07, 6.45) is 1.37. The molecule has 32 heavy (non-hydrogen) atoms. The van der Waals surface area contributed by atoms with Crippen molar-refractivity contribution in [1.82, 2.24) is 0 Å². The van der Waals surface area contributed by atoms with Gasteiger partial charge in [0.2, 0.25) is 5.75 Å². The van der Waals surface area contributed by atoms with E-state index < -0.39 is 10.9 Å². The molecule has 0 bridgehead atoms. The van der Waals surface area contributed by atoms with Crippen LogP contribution in [-0.4, -0.2) is 29.3 Å². The van der Waals surface area contributed by atoms with Crippen LogP contribution in [0.5, 0.6) is 11.5 Å². The molecule has 0 radical (unpaired) electrons. The van der Waals surface area contributed by atoms with Gasteiger partial charge in [-0.1, -0.05) is 30.3 Å². The van der Waals surface area contributed by atoms with Gasteiger partial charge in [-0.25, -0.2) is 4.79 Å². The Morgan fingerprint density at radius 3 is 2.66 bits per heavy atom. The Labute approximate surface area is 184 Å². The van der Waals surface area contributed by atoms with Gasteiger partial charge in [0.05, 0.1) is 29.5 Å². The highest BCUT2D eigenvalue weighted by Gasteiger charge is 2.22. The number of carbonyl (C=O) groups is 1. The van der Waals surface area contributed by atoms with Crippen molar-refractivity contribution in [1.29, 1.82) is 0 Å². The smallest absolute Gasteiger partial charge is 0.335 e. The zero-order valence-electron chi connectivity index (χ0n) is 17.4. The quantitative estimate of drug-likeness (QED) is 0.285.